The molecular formula is C13H22N2O3. The molecule has 1 rings (SSSR count). The van der Waals surface area contributed by atoms with Crippen LogP contribution in [0.3, 0.4) is 0 Å². The summed E-state index contributed by atoms with van der Waals surface area (Å²) < 4.78 is 4.93. The number of carboxylic acid groups (broad SMARTS) is 1. The summed E-state index contributed by atoms with van der Waals surface area (Å²) in [6, 6.07) is 1.69. The molecule has 1 aromatic heterocycles. The van der Waals surface area contributed by atoms with E-state index in [0.29, 0.717) is 12.1 Å². The molecule has 0 unspecified atom stereocenters. The van der Waals surface area contributed by atoms with E-state index in [0.717, 1.165) is 13.1 Å². The third-order valence-electron chi connectivity index (χ3n) is 2.60. The average Bonchev–Trinajstić information content (AvgIpc) is 2.63. The number of carbonyl (C=O) groups is 1. The van der Waals surface area contributed by atoms with Crippen LogP contribution in [0.4, 0.5) is 0 Å². The maximum Gasteiger partial charge on any atom is 0.372 e. The van der Waals surface area contributed by atoms with Crippen molar-refractivity contribution in [3.05, 3.63) is 23.7 Å². The van der Waals surface area contributed by atoms with Gasteiger partial charge in [0, 0.05) is 25.2 Å². The van der Waals surface area contributed by atoms with Gasteiger partial charge in [0.2, 0.25) is 5.76 Å². The van der Waals surface area contributed by atoms with Crippen LogP contribution in [0.1, 0.15) is 30.0 Å². The fourth-order valence-corrected chi connectivity index (χ4v) is 2.11. The molecule has 5 nitrogen and oxygen atoms in total. The van der Waals surface area contributed by atoms with E-state index in [-0.39, 0.29) is 11.2 Å². The largest absolute Gasteiger partial charge is 0.475 e. The van der Waals surface area contributed by atoms with Crippen molar-refractivity contribution in [2.24, 2.45) is 5.41 Å². The van der Waals surface area contributed by atoms with Crippen molar-refractivity contribution in [2.75, 3.05) is 27.2 Å². The second kappa shape index (κ2) is 6.02. The lowest BCUT2D eigenvalue weighted by Crippen LogP contribution is -2.37. The van der Waals surface area contributed by atoms with Gasteiger partial charge in [0.15, 0.2) is 0 Å². The summed E-state index contributed by atoms with van der Waals surface area (Å²) in [5.74, 6) is -1.00. The second-order valence-electron chi connectivity index (χ2n) is 5.59. The van der Waals surface area contributed by atoms with Crippen LogP contribution < -0.4 is 5.32 Å². The zero-order valence-electron chi connectivity index (χ0n) is 11.5. The van der Waals surface area contributed by atoms with Gasteiger partial charge in [-0.15, -0.1) is 0 Å². The van der Waals surface area contributed by atoms with Crippen molar-refractivity contribution >= 4 is 5.97 Å². The fraction of sp³-hybridized carbons (Fsp3) is 0.615. The van der Waals surface area contributed by atoms with Gasteiger partial charge in [-0.1, -0.05) is 13.8 Å². The van der Waals surface area contributed by atoms with Crippen LogP contribution in [0.25, 0.3) is 0 Å². The third kappa shape index (κ3) is 4.50. The highest BCUT2D eigenvalue weighted by Crippen LogP contribution is 2.15. The first kappa shape index (κ1) is 14.7. The molecule has 2 N–H and O–H groups in total. The first-order chi connectivity index (χ1) is 8.32. The Kier molecular flexibility index (Phi) is 4.93. The van der Waals surface area contributed by atoms with Crippen molar-refractivity contribution in [3.8, 4) is 0 Å². The predicted octanol–water partition coefficient (Wildman–Crippen LogP) is 1.66. The number of hydrogen-bond acceptors (Lipinski definition) is 4. The van der Waals surface area contributed by atoms with Gasteiger partial charge in [0.05, 0.1) is 6.26 Å². The number of nitrogens with zero attached hydrogens (tertiary/aromatic N) is 1. The molecule has 102 valence electrons. The zero-order chi connectivity index (χ0) is 13.8. The van der Waals surface area contributed by atoms with Crippen LogP contribution >= 0.6 is 0 Å². The number of rotatable bonds is 7. The van der Waals surface area contributed by atoms with E-state index in [1.165, 1.54) is 6.26 Å². The summed E-state index contributed by atoms with van der Waals surface area (Å²) in [5.41, 5.74) is 0.819. The quantitative estimate of drug-likeness (QED) is 0.774. The van der Waals surface area contributed by atoms with Gasteiger partial charge in [0.1, 0.15) is 0 Å². The molecule has 18 heavy (non-hydrogen) atoms. The number of carboxylic acids is 1. The summed E-state index contributed by atoms with van der Waals surface area (Å²) in [7, 11) is 4.08. The number of hydrogen-bond donors (Lipinski definition) is 2. The first-order valence-electron chi connectivity index (χ1n) is 5.97. The van der Waals surface area contributed by atoms with Gasteiger partial charge < -0.3 is 19.7 Å². The Bertz CT molecular complexity index is 397. The van der Waals surface area contributed by atoms with E-state index in [4.69, 9.17) is 9.52 Å². The molecule has 0 saturated carbocycles. The van der Waals surface area contributed by atoms with E-state index in [1.807, 2.05) is 14.1 Å². The molecule has 1 aromatic rings. The van der Waals surface area contributed by atoms with Gasteiger partial charge in [-0.05, 0) is 25.6 Å². The number of nitrogens with one attached hydrogen (secondary N) is 1. The smallest absolute Gasteiger partial charge is 0.372 e. The van der Waals surface area contributed by atoms with Gasteiger partial charge >= 0.3 is 5.97 Å². The highest BCUT2D eigenvalue weighted by molar-refractivity contribution is 5.86. The highest BCUT2D eigenvalue weighted by atomic mass is 16.4. The van der Waals surface area contributed by atoms with Crippen LogP contribution in [-0.2, 0) is 6.54 Å². The summed E-state index contributed by atoms with van der Waals surface area (Å²) in [5, 5.41) is 12.2. The molecule has 0 aromatic carbocycles. The topological polar surface area (TPSA) is 65.7 Å². The lowest BCUT2D eigenvalue weighted by molar-refractivity contribution is 0.0660. The van der Waals surface area contributed by atoms with E-state index in [2.05, 4.69) is 24.1 Å². The minimum Gasteiger partial charge on any atom is -0.475 e. The standard InChI is InChI=1S/C13H22N2O3/c1-13(2,9-15(3)4)8-14-7-10-5-6-18-11(10)12(16)17/h5-6,14H,7-9H2,1-4H3,(H,16,17). The number of aromatic carboxylic acids is 1. The van der Waals surface area contributed by atoms with Crippen LogP contribution in [0.15, 0.2) is 16.7 Å². The Morgan fingerprint density at radius 1 is 1.50 bits per heavy atom. The molecule has 1 heterocycles. The van der Waals surface area contributed by atoms with E-state index < -0.39 is 5.97 Å². The third-order valence-corrected chi connectivity index (χ3v) is 2.60. The molecular weight excluding hydrogens is 232 g/mol. The lowest BCUT2D eigenvalue weighted by atomic mass is 9.93. The Hall–Kier alpha value is -1.33. The van der Waals surface area contributed by atoms with E-state index in [9.17, 15) is 4.79 Å². The van der Waals surface area contributed by atoms with Crippen molar-refractivity contribution in [1.82, 2.24) is 10.2 Å². The summed E-state index contributed by atoms with van der Waals surface area (Å²) in [6.07, 6.45) is 1.41. The lowest BCUT2D eigenvalue weighted by Gasteiger charge is -2.28. The molecule has 0 amide bonds. The maximum absolute atomic E-state index is 10.9. The van der Waals surface area contributed by atoms with Gasteiger partial charge in [-0.25, -0.2) is 4.79 Å². The van der Waals surface area contributed by atoms with E-state index >= 15 is 0 Å². The molecule has 0 bridgehead atoms. The van der Waals surface area contributed by atoms with Crippen LogP contribution in [0.5, 0.6) is 0 Å². The molecule has 0 fully saturated rings. The minimum absolute atomic E-state index is 0.0212. The summed E-state index contributed by atoms with van der Waals surface area (Å²) in [6.45, 7) is 6.64. The van der Waals surface area contributed by atoms with Gasteiger partial charge in [-0.3, -0.25) is 0 Å². The Morgan fingerprint density at radius 3 is 2.72 bits per heavy atom. The number of furan rings is 1. The highest BCUT2D eigenvalue weighted by Gasteiger charge is 2.19. The van der Waals surface area contributed by atoms with Crippen LogP contribution in [-0.4, -0.2) is 43.2 Å². The second-order valence-corrected chi connectivity index (χ2v) is 5.59. The molecule has 0 aliphatic heterocycles. The molecule has 0 spiro atoms. The monoisotopic (exact) mass is 254 g/mol. The molecule has 0 radical (unpaired) electrons. The Morgan fingerprint density at radius 2 is 2.17 bits per heavy atom. The predicted molar refractivity (Wildman–Crippen MR) is 69.7 cm³/mol. The average molecular weight is 254 g/mol. The minimum atomic E-state index is -1.02. The Balaban J connectivity index is 2.46. The van der Waals surface area contributed by atoms with Crippen molar-refractivity contribution < 1.29 is 14.3 Å². The van der Waals surface area contributed by atoms with Crippen molar-refractivity contribution in [2.45, 2.75) is 20.4 Å². The van der Waals surface area contributed by atoms with Crippen LogP contribution in [0, 0.1) is 5.41 Å². The SMILES string of the molecule is CN(C)CC(C)(C)CNCc1ccoc1C(=O)O. The zero-order valence-corrected chi connectivity index (χ0v) is 11.5. The maximum atomic E-state index is 10.9. The van der Waals surface area contributed by atoms with Crippen LogP contribution in [0.2, 0.25) is 0 Å². The first-order valence-corrected chi connectivity index (χ1v) is 5.97. The summed E-state index contributed by atoms with van der Waals surface area (Å²) >= 11 is 0. The van der Waals surface area contributed by atoms with Gasteiger partial charge in [0.25, 0.3) is 0 Å². The summed E-state index contributed by atoms with van der Waals surface area (Å²) in [4.78, 5) is 13.0. The van der Waals surface area contributed by atoms with Crippen molar-refractivity contribution in [3.63, 3.8) is 0 Å². The molecule has 5 heteroatoms. The van der Waals surface area contributed by atoms with Gasteiger partial charge in [-0.2, -0.15) is 0 Å². The fourth-order valence-electron chi connectivity index (χ4n) is 2.11. The molecule has 0 aliphatic carbocycles. The molecule has 0 saturated heterocycles. The Labute approximate surface area is 108 Å². The van der Waals surface area contributed by atoms with Crippen molar-refractivity contribution in [1.29, 1.82) is 0 Å². The van der Waals surface area contributed by atoms with E-state index in [1.54, 1.807) is 6.07 Å². The molecule has 0 atom stereocenters. The molecule has 0 aliphatic rings. The normalized spacial score (nSPS) is 12.1.